The number of fused-ring (bicyclic) bond motifs is 2. The van der Waals surface area contributed by atoms with Gasteiger partial charge in [0, 0.05) is 24.5 Å². The molecule has 0 aliphatic carbocycles. The van der Waals surface area contributed by atoms with E-state index < -0.39 is 5.69 Å². The molecule has 5 rings (SSSR count). The molecule has 2 aromatic carbocycles. The van der Waals surface area contributed by atoms with E-state index in [9.17, 15) is 4.79 Å². The number of halogens is 2. The fourth-order valence-corrected chi connectivity index (χ4v) is 4.69. The summed E-state index contributed by atoms with van der Waals surface area (Å²) >= 11 is 12.5. The minimum Gasteiger partial charge on any atom is -0.384 e. The molecular formula is C23H21Cl2N7O. The highest BCUT2D eigenvalue weighted by molar-refractivity contribution is 6.37. The third-order valence-electron chi connectivity index (χ3n) is 6.09. The van der Waals surface area contributed by atoms with Crippen molar-refractivity contribution in [3.63, 3.8) is 0 Å². The van der Waals surface area contributed by atoms with E-state index in [1.807, 2.05) is 6.07 Å². The second kappa shape index (κ2) is 8.30. The Morgan fingerprint density at radius 3 is 2.67 bits per heavy atom. The number of benzene rings is 2. The second-order valence-electron chi connectivity index (χ2n) is 8.06. The molecule has 3 heterocycles. The van der Waals surface area contributed by atoms with Crippen LogP contribution in [0.2, 0.25) is 10.0 Å². The SMILES string of the molecule is CC1c2cc(Nc3ncc4c(N)n(-c5c(Cl)cccc5Cl)c(=O)nc4n3)ccc2CCN1C. The summed E-state index contributed by atoms with van der Waals surface area (Å²) in [6, 6.07) is 11.5. The summed E-state index contributed by atoms with van der Waals surface area (Å²) in [6.07, 6.45) is 2.55. The smallest absolute Gasteiger partial charge is 0.355 e. The van der Waals surface area contributed by atoms with Gasteiger partial charge in [-0.3, -0.25) is 4.90 Å². The van der Waals surface area contributed by atoms with E-state index in [1.165, 1.54) is 21.9 Å². The lowest BCUT2D eigenvalue weighted by Gasteiger charge is -2.32. The molecule has 0 saturated carbocycles. The van der Waals surface area contributed by atoms with Crippen LogP contribution in [0.3, 0.4) is 0 Å². The summed E-state index contributed by atoms with van der Waals surface area (Å²) in [4.78, 5) is 28.0. The molecular weight excluding hydrogens is 461 g/mol. The monoisotopic (exact) mass is 481 g/mol. The van der Waals surface area contributed by atoms with E-state index in [0.29, 0.717) is 17.4 Å². The first-order valence-electron chi connectivity index (χ1n) is 10.4. The minimum atomic E-state index is -0.634. The number of nitrogens with zero attached hydrogens (tertiary/aromatic N) is 5. The van der Waals surface area contributed by atoms with Crippen LogP contribution >= 0.6 is 23.2 Å². The molecule has 1 aliphatic heterocycles. The third-order valence-corrected chi connectivity index (χ3v) is 6.70. The van der Waals surface area contributed by atoms with Crippen molar-refractivity contribution in [2.45, 2.75) is 19.4 Å². The molecule has 33 heavy (non-hydrogen) atoms. The lowest BCUT2D eigenvalue weighted by Crippen LogP contribution is -2.30. The van der Waals surface area contributed by atoms with E-state index in [4.69, 9.17) is 28.9 Å². The summed E-state index contributed by atoms with van der Waals surface area (Å²) in [6.45, 7) is 3.23. The number of nitrogen functional groups attached to an aromatic ring is 1. The molecule has 10 heteroatoms. The standard InChI is InChI=1S/C23H21Cl2N7O/c1-12-15-10-14(7-6-13(15)8-9-31(12)2)28-22-27-11-16-20(26)32(23(33)30-21(16)29-22)19-17(24)4-3-5-18(19)25/h3-7,10-12H,8-9,26H2,1-2H3,(H,28,29,30,33). The van der Waals surface area contributed by atoms with Crippen molar-refractivity contribution in [3.8, 4) is 5.69 Å². The summed E-state index contributed by atoms with van der Waals surface area (Å²) in [7, 11) is 2.12. The molecule has 4 aromatic rings. The van der Waals surface area contributed by atoms with Gasteiger partial charge in [-0.15, -0.1) is 0 Å². The van der Waals surface area contributed by atoms with Gasteiger partial charge in [0.15, 0.2) is 5.65 Å². The van der Waals surface area contributed by atoms with Crippen LogP contribution in [-0.2, 0) is 6.42 Å². The maximum Gasteiger partial charge on any atom is 0.355 e. The number of hydrogen-bond donors (Lipinski definition) is 2. The van der Waals surface area contributed by atoms with Crippen LogP contribution in [0.4, 0.5) is 17.5 Å². The van der Waals surface area contributed by atoms with Crippen molar-refractivity contribution in [1.29, 1.82) is 0 Å². The number of rotatable bonds is 3. The maximum absolute atomic E-state index is 12.8. The summed E-state index contributed by atoms with van der Waals surface area (Å²) in [5, 5.41) is 4.19. The topological polar surface area (TPSA) is 102 Å². The fraction of sp³-hybridized carbons (Fsp3) is 0.217. The molecule has 3 N–H and O–H groups in total. The predicted octanol–water partition coefficient (Wildman–Crippen LogP) is 4.36. The maximum atomic E-state index is 12.8. The van der Waals surface area contributed by atoms with E-state index in [1.54, 1.807) is 18.2 Å². The third kappa shape index (κ3) is 3.80. The second-order valence-corrected chi connectivity index (χ2v) is 8.88. The van der Waals surface area contributed by atoms with Crippen molar-refractivity contribution in [1.82, 2.24) is 24.4 Å². The molecule has 168 valence electrons. The number of aromatic nitrogens is 4. The van der Waals surface area contributed by atoms with Gasteiger partial charge >= 0.3 is 5.69 Å². The van der Waals surface area contributed by atoms with Crippen molar-refractivity contribution >= 4 is 51.7 Å². The lowest BCUT2D eigenvalue weighted by atomic mass is 9.93. The zero-order valence-electron chi connectivity index (χ0n) is 18.0. The van der Waals surface area contributed by atoms with Crippen LogP contribution in [0, 0.1) is 0 Å². The molecule has 0 bridgehead atoms. The lowest BCUT2D eigenvalue weighted by molar-refractivity contribution is 0.247. The highest BCUT2D eigenvalue weighted by Crippen LogP contribution is 2.32. The zero-order chi connectivity index (χ0) is 23.3. The number of anilines is 3. The largest absolute Gasteiger partial charge is 0.384 e. The van der Waals surface area contributed by atoms with Crippen LogP contribution < -0.4 is 16.7 Å². The average molecular weight is 482 g/mol. The van der Waals surface area contributed by atoms with Gasteiger partial charge in [-0.2, -0.15) is 9.97 Å². The first-order chi connectivity index (χ1) is 15.8. The fourth-order valence-electron chi connectivity index (χ4n) is 4.13. The normalized spacial score (nSPS) is 16.1. The van der Waals surface area contributed by atoms with Crippen molar-refractivity contribution < 1.29 is 0 Å². The molecule has 0 amide bonds. The Morgan fingerprint density at radius 1 is 1.15 bits per heavy atom. The Hall–Kier alpha value is -3.20. The first-order valence-corrected chi connectivity index (χ1v) is 11.2. The average Bonchev–Trinajstić information content (AvgIpc) is 2.78. The number of hydrogen-bond acceptors (Lipinski definition) is 7. The molecule has 1 aliphatic rings. The predicted molar refractivity (Wildman–Crippen MR) is 132 cm³/mol. The van der Waals surface area contributed by atoms with Gasteiger partial charge in [0.25, 0.3) is 0 Å². The number of para-hydroxylation sites is 1. The van der Waals surface area contributed by atoms with E-state index >= 15 is 0 Å². The Bertz CT molecular complexity index is 1430. The summed E-state index contributed by atoms with van der Waals surface area (Å²) in [5.41, 5.74) is 9.60. The van der Waals surface area contributed by atoms with Crippen LogP contribution in [0.1, 0.15) is 24.1 Å². The van der Waals surface area contributed by atoms with Crippen LogP contribution in [0.25, 0.3) is 16.7 Å². The van der Waals surface area contributed by atoms with Crippen molar-refractivity contribution in [2.24, 2.45) is 0 Å². The highest BCUT2D eigenvalue weighted by atomic mass is 35.5. The van der Waals surface area contributed by atoms with Gasteiger partial charge < -0.3 is 11.1 Å². The van der Waals surface area contributed by atoms with Crippen LogP contribution in [0.5, 0.6) is 0 Å². The molecule has 0 spiro atoms. The van der Waals surface area contributed by atoms with Crippen LogP contribution in [0.15, 0.2) is 47.4 Å². The van der Waals surface area contributed by atoms with Gasteiger partial charge in [0.1, 0.15) is 5.82 Å². The molecule has 8 nitrogen and oxygen atoms in total. The van der Waals surface area contributed by atoms with Gasteiger partial charge in [-0.25, -0.2) is 14.3 Å². The molecule has 0 radical (unpaired) electrons. The molecule has 1 atom stereocenters. The highest BCUT2D eigenvalue weighted by Gasteiger charge is 2.21. The molecule has 0 fully saturated rings. The molecule has 2 aromatic heterocycles. The van der Waals surface area contributed by atoms with Gasteiger partial charge in [-0.1, -0.05) is 35.3 Å². The summed E-state index contributed by atoms with van der Waals surface area (Å²) < 4.78 is 1.17. The van der Waals surface area contributed by atoms with E-state index in [-0.39, 0.29) is 27.2 Å². The Labute approximate surface area is 200 Å². The van der Waals surface area contributed by atoms with Crippen molar-refractivity contribution in [2.75, 3.05) is 24.6 Å². The Kier molecular flexibility index (Phi) is 5.44. The van der Waals surface area contributed by atoms with Crippen molar-refractivity contribution in [3.05, 3.63) is 74.3 Å². The van der Waals surface area contributed by atoms with Gasteiger partial charge in [-0.05, 0) is 55.8 Å². The first kappa shape index (κ1) is 21.6. The summed E-state index contributed by atoms with van der Waals surface area (Å²) in [5.74, 6) is 0.427. The number of likely N-dealkylation sites (N-methyl/N-ethyl adjacent to an activating group) is 1. The van der Waals surface area contributed by atoms with Crippen LogP contribution in [-0.4, -0.2) is 38.0 Å². The van der Waals surface area contributed by atoms with E-state index in [0.717, 1.165) is 18.7 Å². The minimum absolute atomic E-state index is 0.109. The van der Waals surface area contributed by atoms with Gasteiger partial charge in [0.05, 0.1) is 21.1 Å². The zero-order valence-corrected chi connectivity index (χ0v) is 19.5. The van der Waals surface area contributed by atoms with E-state index in [2.05, 4.69) is 51.3 Å². The molecule has 1 unspecified atom stereocenters. The Morgan fingerprint density at radius 2 is 1.91 bits per heavy atom. The van der Waals surface area contributed by atoms with Gasteiger partial charge in [0.2, 0.25) is 5.95 Å². The number of nitrogens with two attached hydrogens (primary N) is 1. The Balaban J connectivity index is 1.53. The quantitative estimate of drug-likeness (QED) is 0.448. The number of nitrogens with one attached hydrogen (secondary N) is 1. The molecule has 0 saturated heterocycles.